The first-order valence-corrected chi connectivity index (χ1v) is 6.44. The van der Waals surface area contributed by atoms with Crippen LogP contribution in [0, 0.1) is 20.2 Å². The molecule has 0 spiro atoms. The van der Waals surface area contributed by atoms with Crippen molar-refractivity contribution in [3.63, 3.8) is 0 Å². The molecule has 2 rings (SSSR count). The number of nitrogens with zero attached hydrogens (tertiary/aromatic N) is 2. The molecule has 7 nitrogen and oxygen atoms in total. The molecule has 0 aliphatic rings. The zero-order valence-corrected chi connectivity index (χ0v) is 11.5. The molecule has 0 saturated carbocycles. The summed E-state index contributed by atoms with van der Waals surface area (Å²) < 4.78 is 0. The topological polar surface area (TPSA) is 103 Å². The fraction of sp³-hybridized carbons (Fsp3) is 0.133. The average Bonchev–Trinajstić information content (AvgIpc) is 2.47. The van der Waals surface area contributed by atoms with Crippen molar-refractivity contribution in [3.05, 3.63) is 79.9 Å². The smallest absolute Gasteiger partial charge is 0.269 e. The zero-order chi connectivity index (χ0) is 16.1. The van der Waals surface area contributed by atoms with Crippen LogP contribution in [0.2, 0.25) is 0 Å². The maximum Gasteiger partial charge on any atom is 0.269 e. The molecule has 0 heterocycles. The molecule has 0 amide bonds. The highest BCUT2D eigenvalue weighted by molar-refractivity contribution is 5.83. The highest BCUT2D eigenvalue weighted by atomic mass is 16.6. The van der Waals surface area contributed by atoms with E-state index in [1.54, 1.807) is 12.1 Å². The van der Waals surface area contributed by atoms with Crippen molar-refractivity contribution in [2.45, 2.75) is 12.8 Å². The van der Waals surface area contributed by atoms with Crippen LogP contribution in [0.1, 0.15) is 11.1 Å². The van der Waals surface area contributed by atoms with Crippen LogP contribution < -0.4 is 0 Å². The molecule has 0 N–H and O–H groups in total. The van der Waals surface area contributed by atoms with E-state index in [1.165, 1.54) is 36.4 Å². The van der Waals surface area contributed by atoms with Crippen LogP contribution >= 0.6 is 0 Å². The van der Waals surface area contributed by atoms with E-state index < -0.39 is 9.85 Å². The number of hydrogen-bond donors (Lipinski definition) is 0. The fourth-order valence-corrected chi connectivity index (χ4v) is 2.08. The molecule has 0 radical (unpaired) electrons. The Hall–Kier alpha value is -3.09. The third kappa shape index (κ3) is 3.95. The summed E-state index contributed by atoms with van der Waals surface area (Å²) in [5.74, 6) is -0.166. The summed E-state index contributed by atoms with van der Waals surface area (Å²) in [6.07, 6.45) is 0.0920. The van der Waals surface area contributed by atoms with Gasteiger partial charge < -0.3 is 0 Å². The number of carbonyl (C=O) groups is 1. The Labute approximate surface area is 125 Å². The first-order valence-electron chi connectivity index (χ1n) is 6.44. The summed E-state index contributed by atoms with van der Waals surface area (Å²) in [4.78, 5) is 32.3. The van der Waals surface area contributed by atoms with Crippen LogP contribution in [0.4, 0.5) is 11.4 Å². The van der Waals surface area contributed by atoms with Crippen LogP contribution in [-0.4, -0.2) is 15.6 Å². The number of nitro groups is 2. The van der Waals surface area contributed by atoms with Crippen LogP contribution in [0.25, 0.3) is 0 Å². The van der Waals surface area contributed by atoms with Crippen LogP contribution in [0.15, 0.2) is 48.5 Å². The van der Waals surface area contributed by atoms with Gasteiger partial charge in [-0.2, -0.15) is 0 Å². The maximum atomic E-state index is 12.0. The molecule has 2 aromatic carbocycles. The second kappa shape index (κ2) is 6.57. The third-order valence-electron chi connectivity index (χ3n) is 3.05. The predicted molar refractivity (Wildman–Crippen MR) is 78.6 cm³/mol. The predicted octanol–water partition coefficient (Wildman–Crippen LogP) is 2.86. The van der Waals surface area contributed by atoms with E-state index in [9.17, 15) is 25.0 Å². The summed E-state index contributed by atoms with van der Waals surface area (Å²) >= 11 is 0. The number of nitro benzene ring substituents is 2. The van der Waals surface area contributed by atoms with Gasteiger partial charge in [-0.3, -0.25) is 25.0 Å². The standard InChI is InChI=1S/C15H12N2O5/c18-15(9-11-3-1-5-13(7-11)16(19)20)10-12-4-2-6-14(8-12)17(21)22/h1-8H,9-10H2. The van der Waals surface area contributed by atoms with Gasteiger partial charge in [-0.05, 0) is 11.1 Å². The maximum absolute atomic E-state index is 12.0. The average molecular weight is 300 g/mol. The number of Topliss-reactive ketones (excluding diaryl/α,β-unsaturated/α-hetero) is 1. The lowest BCUT2D eigenvalue weighted by Crippen LogP contribution is -2.07. The molecule has 0 aliphatic carbocycles. The molecule has 0 unspecified atom stereocenters. The van der Waals surface area contributed by atoms with Crippen LogP contribution in [0.5, 0.6) is 0 Å². The minimum atomic E-state index is -0.519. The normalized spacial score (nSPS) is 10.2. The van der Waals surface area contributed by atoms with Gasteiger partial charge in [0.1, 0.15) is 5.78 Å². The largest absolute Gasteiger partial charge is 0.299 e. The van der Waals surface area contributed by atoms with E-state index in [1.807, 2.05) is 0 Å². The van der Waals surface area contributed by atoms with Gasteiger partial charge in [-0.1, -0.05) is 24.3 Å². The van der Waals surface area contributed by atoms with Crippen molar-refractivity contribution in [3.8, 4) is 0 Å². The Morgan fingerprint density at radius 1 is 0.818 bits per heavy atom. The Morgan fingerprint density at radius 3 is 1.59 bits per heavy atom. The number of benzene rings is 2. The van der Waals surface area contributed by atoms with Crippen molar-refractivity contribution in [2.24, 2.45) is 0 Å². The van der Waals surface area contributed by atoms with Gasteiger partial charge in [-0.15, -0.1) is 0 Å². The lowest BCUT2D eigenvalue weighted by molar-refractivity contribution is -0.385. The highest BCUT2D eigenvalue weighted by Gasteiger charge is 2.11. The summed E-state index contributed by atoms with van der Waals surface area (Å²) in [5, 5.41) is 21.4. The summed E-state index contributed by atoms with van der Waals surface area (Å²) in [6, 6.07) is 11.7. The van der Waals surface area contributed by atoms with E-state index in [4.69, 9.17) is 0 Å². The van der Waals surface area contributed by atoms with E-state index >= 15 is 0 Å². The van der Waals surface area contributed by atoms with Crippen molar-refractivity contribution in [1.29, 1.82) is 0 Å². The first kappa shape index (κ1) is 15.3. The second-order valence-corrected chi connectivity index (χ2v) is 4.75. The van der Waals surface area contributed by atoms with Gasteiger partial charge >= 0.3 is 0 Å². The van der Waals surface area contributed by atoms with E-state index in [0.29, 0.717) is 11.1 Å². The number of carbonyl (C=O) groups excluding carboxylic acids is 1. The number of non-ortho nitro benzene ring substituents is 2. The Bertz CT molecular complexity index is 681. The van der Waals surface area contributed by atoms with Gasteiger partial charge in [0.2, 0.25) is 0 Å². The molecular weight excluding hydrogens is 288 g/mol. The number of rotatable bonds is 6. The molecule has 22 heavy (non-hydrogen) atoms. The van der Waals surface area contributed by atoms with Crippen molar-refractivity contribution in [1.82, 2.24) is 0 Å². The van der Waals surface area contributed by atoms with Gasteiger partial charge in [0, 0.05) is 37.1 Å². The molecule has 0 bridgehead atoms. The lowest BCUT2D eigenvalue weighted by atomic mass is 10.0. The van der Waals surface area contributed by atoms with Gasteiger partial charge in [0.15, 0.2) is 0 Å². The van der Waals surface area contributed by atoms with Crippen molar-refractivity contribution in [2.75, 3.05) is 0 Å². The monoisotopic (exact) mass is 300 g/mol. The molecule has 0 aliphatic heterocycles. The molecule has 0 aromatic heterocycles. The molecule has 7 heteroatoms. The molecule has 0 atom stereocenters. The lowest BCUT2D eigenvalue weighted by Gasteiger charge is -2.02. The minimum Gasteiger partial charge on any atom is -0.299 e. The van der Waals surface area contributed by atoms with E-state index in [0.717, 1.165) is 0 Å². The molecule has 0 saturated heterocycles. The molecular formula is C15H12N2O5. The van der Waals surface area contributed by atoms with E-state index in [-0.39, 0.29) is 30.0 Å². The van der Waals surface area contributed by atoms with Gasteiger partial charge in [0.25, 0.3) is 11.4 Å². The minimum absolute atomic E-state index is 0.0460. The quantitative estimate of drug-likeness (QED) is 0.602. The first-order chi connectivity index (χ1) is 10.5. The zero-order valence-electron chi connectivity index (χ0n) is 11.5. The van der Waals surface area contributed by atoms with Crippen molar-refractivity contribution >= 4 is 17.2 Å². The summed E-state index contributed by atoms with van der Waals surface area (Å²) in [7, 11) is 0. The Balaban J connectivity index is 2.07. The van der Waals surface area contributed by atoms with Crippen LogP contribution in [-0.2, 0) is 17.6 Å². The third-order valence-corrected chi connectivity index (χ3v) is 3.05. The Kier molecular flexibility index (Phi) is 4.57. The fourth-order valence-electron chi connectivity index (χ4n) is 2.08. The number of hydrogen-bond acceptors (Lipinski definition) is 5. The molecule has 112 valence electrons. The number of ketones is 1. The highest BCUT2D eigenvalue weighted by Crippen LogP contribution is 2.16. The molecule has 2 aromatic rings. The molecule has 0 fully saturated rings. The Morgan fingerprint density at radius 2 is 1.23 bits per heavy atom. The van der Waals surface area contributed by atoms with Crippen molar-refractivity contribution < 1.29 is 14.6 Å². The van der Waals surface area contributed by atoms with Gasteiger partial charge in [0.05, 0.1) is 9.85 Å². The van der Waals surface area contributed by atoms with E-state index in [2.05, 4.69) is 0 Å². The summed E-state index contributed by atoms with van der Waals surface area (Å²) in [5.41, 5.74) is 0.954. The SMILES string of the molecule is O=C(Cc1cccc([N+](=O)[O-])c1)Cc1cccc([N+](=O)[O-])c1. The second-order valence-electron chi connectivity index (χ2n) is 4.75. The summed E-state index contributed by atoms with van der Waals surface area (Å²) in [6.45, 7) is 0. The van der Waals surface area contributed by atoms with Crippen LogP contribution in [0.3, 0.4) is 0 Å². The van der Waals surface area contributed by atoms with Gasteiger partial charge in [-0.25, -0.2) is 0 Å².